The molecule has 1 amide bonds. The first kappa shape index (κ1) is 17.3. The van der Waals surface area contributed by atoms with Crippen LogP contribution in [0.15, 0.2) is 53.8 Å². The molecule has 1 aliphatic heterocycles. The molecule has 2 aromatic carbocycles. The maximum absolute atomic E-state index is 12.8. The second-order valence-electron chi connectivity index (χ2n) is 7.20. The van der Waals surface area contributed by atoms with Crippen LogP contribution in [0.25, 0.3) is 21.9 Å². The Morgan fingerprint density at radius 1 is 1.18 bits per heavy atom. The Labute approximate surface area is 167 Å². The van der Waals surface area contributed by atoms with E-state index >= 15 is 0 Å². The molecule has 0 bridgehead atoms. The van der Waals surface area contributed by atoms with Crippen LogP contribution in [0.3, 0.4) is 0 Å². The van der Waals surface area contributed by atoms with Crippen molar-refractivity contribution in [3.8, 4) is 0 Å². The van der Waals surface area contributed by atoms with E-state index in [-0.39, 0.29) is 5.91 Å². The predicted molar refractivity (Wildman–Crippen MR) is 112 cm³/mol. The van der Waals surface area contributed by atoms with E-state index in [1.807, 2.05) is 11.0 Å². The molecule has 3 heterocycles. The van der Waals surface area contributed by atoms with E-state index in [0.29, 0.717) is 12.3 Å². The highest BCUT2D eigenvalue weighted by Crippen LogP contribution is 2.30. The molecule has 2 aromatic heterocycles. The van der Waals surface area contributed by atoms with Gasteiger partial charge in [-0.25, -0.2) is 9.97 Å². The number of fused-ring (bicyclic) bond motifs is 4. The molecule has 0 fully saturated rings. The number of nitrogens with zero attached hydrogens (tertiary/aromatic N) is 3. The van der Waals surface area contributed by atoms with Gasteiger partial charge in [0, 0.05) is 24.0 Å². The van der Waals surface area contributed by atoms with Crippen LogP contribution in [0.4, 0.5) is 0 Å². The molecule has 5 nitrogen and oxygen atoms in total. The molecular formula is C22H20N4OS. The van der Waals surface area contributed by atoms with E-state index in [1.165, 1.54) is 28.5 Å². The van der Waals surface area contributed by atoms with Crippen molar-refractivity contribution in [2.45, 2.75) is 24.9 Å². The molecule has 5 rings (SSSR count). The van der Waals surface area contributed by atoms with Crippen LogP contribution in [0.2, 0.25) is 0 Å². The van der Waals surface area contributed by atoms with E-state index in [1.54, 1.807) is 6.33 Å². The number of aromatic amines is 1. The summed E-state index contributed by atoms with van der Waals surface area (Å²) in [5.41, 5.74) is 6.66. The zero-order valence-electron chi connectivity index (χ0n) is 15.6. The first-order chi connectivity index (χ1) is 13.7. The van der Waals surface area contributed by atoms with Crippen molar-refractivity contribution in [3.63, 3.8) is 0 Å². The van der Waals surface area contributed by atoms with Crippen LogP contribution in [-0.2, 0) is 17.8 Å². The lowest BCUT2D eigenvalue weighted by Crippen LogP contribution is -2.37. The van der Waals surface area contributed by atoms with Crippen LogP contribution >= 0.6 is 11.8 Å². The quantitative estimate of drug-likeness (QED) is 0.424. The van der Waals surface area contributed by atoms with Crippen molar-refractivity contribution in [1.29, 1.82) is 0 Å². The van der Waals surface area contributed by atoms with Crippen LogP contribution in [0.1, 0.15) is 16.7 Å². The summed E-state index contributed by atoms with van der Waals surface area (Å²) < 4.78 is 0. The molecule has 1 aliphatic rings. The molecule has 0 unspecified atom stereocenters. The molecule has 0 aliphatic carbocycles. The van der Waals surface area contributed by atoms with Crippen molar-refractivity contribution in [2.75, 3.05) is 12.3 Å². The third-order valence-electron chi connectivity index (χ3n) is 5.32. The monoisotopic (exact) mass is 388 g/mol. The highest BCUT2D eigenvalue weighted by Gasteiger charge is 2.21. The number of amides is 1. The molecule has 4 aromatic rings. The Morgan fingerprint density at radius 3 is 2.93 bits per heavy atom. The minimum absolute atomic E-state index is 0.151. The Hall–Kier alpha value is -2.86. The van der Waals surface area contributed by atoms with Crippen molar-refractivity contribution in [2.24, 2.45) is 0 Å². The number of carbonyl (C=O) groups excluding carboxylic acids is 1. The van der Waals surface area contributed by atoms with Gasteiger partial charge in [-0.15, -0.1) is 0 Å². The average Bonchev–Trinajstić information content (AvgIpc) is 3.10. The van der Waals surface area contributed by atoms with Gasteiger partial charge in [-0.1, -0.05) is 47.7 Å². The zero-order chi connectivity index (χ0) is 19.1. The maximum Gasteiger partial charge on any atom is 0.233 e. The lowest BCUT2D eigenvalue weighted by atomic mass is 10.00. The molecule has 0 saturated heterocycles. The topological polar surface area (TPSA) is 61.9 Å². The summed E-state index contributed by atoms with van der Waals surface area (Å²) in [6, 6.07) is 14.6. The van der Waals surface area contributed by atoms with Crippen LogP contribution < -0.4 is 0 Å². The molecule has 0 saturated carbocycles. The average molecular weight is 388 g/mol. The Bertz CT molecular complexity index is 1200. The van der Waals surface area contributed by atoms with Gasteiger partial charge in [0.2, 0.25) is 5.91 Å². The van der Waals surface area contributed by atoms with Crippen LogP contribution in [0, 0.1) is 6.92 Å². The summed E-state index contributed by atoms with van der Waals surface area (Å²) in [5, 5.41) is 1.92. The number of hydrogen-bond acceptors (Lipinski definition) is 4. The lowest BCUT2D eigenvalue weighted by molar-refractivity contribution is -0.129. The van der Waals surface area contributed by atoms with Gasteiger partial charge in [-0.3, -0.25) is 4.79 Å². The van der Waals surface area contributed by atoms with E-state index in [9.17, 15) is 4.79 Å². The number of benzene rings is 2. The molecule has 1 N–H and O–H groups in total. The highest BCUT2D eigenvalue weighted by atomic mass is 32.2. The normalized spacial score (nSPS) is 13.8. The van der Waals surface area contributed by atoms with Gasteiger partial charge in [-0.05, 0) is 36.6 Å². The molecular weight excluding hydrogens is 368 g/mol. The van der Waals surface area contributed by atoms with E-state index < -0.39 is 0 Å². The first-order valence-electron chi connectivity index (χ1n) is 9.39. The smallest absolute Gasteiger partial charge is 0.233 e. The second-order valence-corrected chi connectivity index (χ2v) is 8.16. The number of carbonyl (C=O) groups is 1. The number of thioether (sulfide) groups is 1. The van der Waals surface area contributed by atoms with E-state index in [2.05, 4.69) is 58.3 Å². The molecule has 28 heavy (non-hydrogen) atoms. The Kier molecular flexibility index (Phi) is 4.28. The highest BCUT2D eigenvalue weighted by molar-refractivity contribution is 8.00. The summed E-state index contributed by atoms with van der Waals surface area (Å²) >= 11 is 1.48. The van der Waals surface area contributed by atoms with E-state index in [0.717, 1.165) is 39.9 Å². The molecule has 140 valence electrons. The molecule has 0 atom stereocenters. The number of rotatable bonds is 3. The summed E-state index contributed by atoms with van der Waals surface area (Å²) in [7, 11) is 0. The fourth-order valence-corrected chi connectivity index (χ4v) is 4.68. The number of H-pyrrole nitrogens is 1. The number of aromatic nitrogens is 3. The standard InChI is InChI=1S/C22H20N4OS/c1-14-6-7-18-17(10-14)20-21(25-18)22(24-13-23-20)28-12-19(27)26-9-8-15-4-2-3-5-16(15)11-26/h2-7,10,13,25H,8-9,11-12H2,1H3. The van der Waals surface area contributed by atoms with Crippen molar-refractivity contribution >= 4 is 39.6 Å². The SMILES string of the molecule is Cc1ccc2[nH]c3c(SCC(=O)N4CCc5ccccc5C4)ncnc3c2c1. The van der Waals surface area contributed by atoms with Crippen molar-refractivity contribution < 1.29 is 4.79 Å². The maximum atomic E-state index is 12.8. The van der Waals surface area contributed by atoms with E-state index in [4.69, 9.17) is 0 Å². The number of hydrogen-bond donors (Lipinski definition) is 1. The minimum Gasteiger partial charge on any atom is -0.351 e. The summed E-state index contributed by atoms with van der Waals surface area (Å²) in [6.45, 7) is 3.55. The number of aryl methyl sites for hydroxylation is 1. The van der Waals surface area contributed by atoms with Gasteiger partial charge < -0.3 is 9.88 Å². The summed E-state index contributed by atoms with van der Waals surface area (Å²) in [4.78, 5) is 27.0. The van der Waals surface area contributed by atoms with Gasteiger partial charge in [0.1, 0.15) is 16.9 Å². The van der Waals surface area contributed by atoms with Crippen LogP contribution in [-0.4, -0.2) is 38.1 Å². The van der Waals surface area contributed by atoms with Crippen LogP contribution in [0.5, 0.6) is 0 Å². The fraction of sp³-hybridized carbons (Fsp3) is 0.227. The predicted octanol–water partition coefficient (Wildman–Crippen LogP) is 4.10. The van der Waals surface area contributed by atoms with Gasteiger partial charge in [0.25, 0.3) is 0 Å². The third-order valence-corrected chi connectivity index (χ3v) is 6.29. The second kappa shape index (κ2) is 6.95. The zero-order valence-corrected chi connectivity index (χ0v) is 16.4. The lowest BCUT2D eigenvalue weighted by Gasteiger charge is -2.28. The number of nitrogens with one attached hydrogen (secondary N) is 1. The third kappa shape index (κ3) is 3.03. The Balaban J connectivity index is 1.36. The van der Waals surface area contributed by atoms with Crippen molar-refractivity contribution in [1.82, 2.24) is 19.9 Å². The Morgan fingerprint density at radius 2 is 2.04 bits per heavy atom. The van der Waals surface area contributed by atoms with Crippen molar-refractivity contribution in [3.05, 3.63) is 65.5 Å². The van der Waals surface area contributed by atoms with Gasteiger partial charge in [0.15, 0.2) is 0 Å². The summed E-state index contributed by atoms with van der Waals surface area (Å²) in [5.74, 6) is 0.529. The summed E-state index contributed by atoms with van der Waals surface area (Å²) in [6.07, 6.45) is 2.51. The van der Waals surface area contributed by atoms with Gasteiger partial charge >= 0.3 is 0 Å². The molecule has 0 radical (unpaired) electrons. The first-order valence-corrected chi connectivity index (χ1v) is 10.4. The molecule has 6 heteroatoms. The minimum atomic E-state index is 0.151. The largest absolute Gasteiger partial charge is 0.351 e. The fourth-order valence-electron chi connectivity index (χ4n) is 3.82. The molecule has 0 spiro atoms. The van der Waals surface area contributed by atoms with Gasteiger partial charge in [0.05, 0.1) is 11.3 Å². The van der Waals surface area contributed by atoms with Gasteiger partial charge in [-0.2, -0.15) is 0 Å².